The number of fused-ring (bicyclic) bond motifs is 1. The van der Waals surface area contributed by atoms with Gasteiger partial charge in [-0.05, 0) is 42.5 Å². The largest absolute Gasteiger partial charge is 0.494 e. The summed E-state index contributed by atoms with van der Waals surface area (Å²) in [4.78, 5) is 0. The molecule has 2 rings (SSSR count). The molecule has 64 valence electrons. The fourth-order valence-electron chi connectivity index (χ4n) is 1.73. The maximum Gasteiger partial charge on any atom is 0.165 e. The summed E-state index contributed by atoms with van der Waals surface area (Å²) in [6.45, 7) is 0. The molecule has 0 amide bonds. The van der Waals surface area contributed by atoms with Crippen LogP contribution in [0.25, 0.3) is 0 Å². The van der Waals surface area contributed by atoms with Gasteiger partial charge in [0.1, 0.15) is 0 Å². The van der Waals surface area contributed by atoms with Gasteiger partial charge in [0.15, 0.2) is 11.6 Å². The van der Waals surface area contributed by atoms with Crippen LogP contribution in [0.3, 0.4) is 0 Å². The van der Waals surface area contributed by atoms with E-state index in [1.54, 1.807) is 6.07 Å². The fourth-order valence-corrected chi connectivity index (χ4v) is 1.73. The number of methoxy groups -OCH3 is 1. The second-order valence-corrected chi connectivity index (χ2v) is 3.11. The van der Waals surface area contributed by atoms with Crippen LogP contribution >= 0.6 is 0 Å². The lowest BCUT2D eigenvalue weighted by Gasteiger charge is -2.04. The highest BCUT2D eigenvalue weighted by atomic mass is 19.1. The van der Waals surface area contributed by atoms with E-state index in [9.17, 15) is 4.39 Å². The molecule has 0 fully saturated rings. The first-order valence-electron chi connectivity index (χ1n) is 4.16. The first kappa shape index (κ1) is 7.59. The quantitative estimate of drug-likeness (QED) is 0.622. The monoisotopic (exact) mass is 166 g/mol. The number of ether oxygens (including phenoxy) is 1. The predicted octanol–water partition coefficient (Wildman–Crippen LogP) is 2.32. The van der Waals surface area contributed by atoms with E-state index in [0.29, 0.717) is 5.75 Å². The predicted molar refractivity (Wildman–Crippen MR) is 45.0 cm³/mol. The van der Waals surface area contributed by atoms with E-state index in [1.165, 1.54) is 12.7 Å². The van der Waals surface area contributed by atoms with Crippen molar-refractivity contribution in [3.8, 4) is 5.75 Å². The SMILES string of the molecule is COc1cc2c(cc1F)CCC2. The molecule has 1 aromatic carbocycles. The smallest absolute Gasteiger partial charge is 0.165 e. The zero-order valence-corrected chi connectivity index (χ0v) is 7.06. The first-order chi connectivity index (χ1) is 5.81. The van der Waals surface area contributed by atoms with Gasteiger partial charge in [-0.2, -0.15) is 0 Å². The van der Waals surface area contributed by atoms with Crippen LogP contribution in [-0.2, 0) is 12.8 Å². The summed E-state index contributed by atoms with van der Waals surface area (Å²) >= 11 is 0. The molecule has 1 nitrogen and oxygen atoms in total. The minimum absolute atomic E-state index is 0.238. The lowest BCUT2D eigenvalue weighted by molar-refractivity contribution is 0.386. The minimum atomic E-state index is -0.238. The van der Waals surface area contributed by atoms with E-state index in [1.807, 2.05) is 6.07 Å². The van der Waals surface area contributed by atoms with Gasteiger partial charge in [0.05, 0.1) is 7.11 Å². The van der Waals surface area contributed by atoms with Gasteiger partial charge in [-0.1, -0.05) is 0 Å². The van der Waals surface area contributed by atoms with Crippen molar-refractivity contribution in [2.24, 2.45) is 0 Å². The minimum Gasteiger partial charge on any atom is -0.494 e. The van der Waals surface area contributed by atoms with Crippen LogP contribution in [-0.4, -0.2) is 7.11 Å². The Morgan fingerprint density at radius 2 is 1.92 bits per heavy atom. The molecule has 0 radical (unpaired) electrons. The highest BCUT2D eigenvalue weighted by Gasteiger charge is 2.14. The summed E-state index contributed by atoms with van der Waals surface area (Å²) in [5, 5.41) is 0. The third kappa shape index (κ3) is 1.07. The Hall–Kier alpha value is -1.05. The summed E-state index contributed by atoms with van der Waals surface area (Å²) < 4.78 is 18.0. The lowest BCUT2D eigenvalue weighted by Crippen LogP contribution is -1.91. The standard InChI is InChI=1S/C10H11FO/c1-12-10-6-8-4-2-3-7(8)5-9(10)11/h5-6H,2-4H2,1H3. The van der Waals surface area contributed by atoms with Crippen molar-refractivity contribution in [3.05, 3.63) is 29.1 Å². The van der Waals surface area contributed by atoms with Crippen molar-refractivity contribution in [3.63, 3.8) is 0 Å². The third-order valence-corrected chi connectivity index (χ3v) is 2.37. The molecule has 0 aliphatic heterocycles. The van der Waals surface area contributed by atoms with Crippen molar-refractivity contribution >= 4 is 0 Å². The molecular weight excluding hydrogens is 155 g/mol. The molecule has 0 unspecified atom stereocenters. The van der Waals surface area contributed by atoms with E-state index in [0.717, 1.165) is 24.8 Å². The molecule has 0 N–H and O–H groups in total. The van der Waals surface area contributed by atoms with Crippen LogP contribution in [0.5, 0.6) is 5.75 Å². The number of rotatable bonds is 1. The van der Waals surface area contributed by atoms with Crippen LogP contribution < -0.4 is 4.74 Å². The van der Waals surface area contributed by atoms with Crippen LogP contribution in [0.1, 0.15) is 17.5 Å². The molecule has 12 heavy (non-hydrogen) atoms. The van der Waals surface area contributed by atoms with Crippen molar-refractivity contribution in [2.75, 3.05) is 7.11 Å². The van der Waals surface area contributed by atoms with Gasteiger partial charge in [0.2, 0.25) is 0 Å². The summed E-state index contributed by atoms with van der Waals surface area (Å²) in [6.07, 6.45) is 3.21. The molecule has 0 aromatic heterocycles. The normalized spacial score (nSPS) is 14.5. The van der Waals surface area contributed by atoms with Crippen LogP contribution in [0.15, 0.2) is 12.1 Å². The van der Waals surface area contributed by atoms with Gasteiger partial charge < -0.3 is 4.74 Å². The maximum atomic E-state index is 13.1. The number of benzene rings is 1. The molecule has 2 heteroatoms. The van der Waals surface area contributed by atoms with Gasteiger partial charge in [-0.25, -0.2) is 4.39 Å². The lowest BCUT2D eigenvalue weighted by atomic mass is 10.1. The first-order valence-corrected chi connectivity index (χ1v) is 4.16. The van der Waals surface area contributed by atoms with Crippen molar-refractivity contribution in [1.29, 1.82) is 0 Å². The Balaban J connectivity index is 2.49. The maximum absolute atomic E-state index is 13.1. The third-order valence-electron chi connectivity index (χ3n) is 2.37. The van der Waals surface area contributed by atoms with Crippen LogP contribution in [0.4, 0.5) is 4.39 Å². The van der Waals surface area contributed by atoms with Crippen molar-refractivity contribution in [1.82, 2.24) is 0 Å². The topological polar surface area (TPSA) is 9.23 Å². The second-order valence-electron chi connectivity index (χ2n) is 3.11. The number of halogens is 1. The average molecular weight is 166 g/mol. The molecule has 0 saturated heterocycles. The van der Waals surface area contributed by atoms with Crippen LogP contribution in [0, 0.1) is 5.82 Å². The van der Waals surface area contributed by atoms with Gasteiger partial charge >= 0.3 is 0 Å². The highest BCUT2D eigenvalue weighted by Crippen LogP contribution is 2.28. The molecule has 0 heterocycles. The molecule has 0 bridgehead atoms. The summed E-state index contributed by atoms with van der Waals surface area (Å²) in [6, 6.07) is 3.42. The van der Waals surface area contributed by atoms with E-state index in [-0.39, 0.29) is 5.82 Å². The zero-order valence-electron chi connectivity index (χ0n) is 7.06. The summed E-state index contributed by atoms with van der Waals surface area (Å²) in [5.74, 6) is 0.133. The van der Waals surface area contributed by atoms with Gasteiger partial charge in [0, 0.05) is 0 Å². The average Bonchev–Trinajstić information content (AvgIpc) is 2.49. The molecule has 0 saturated carbocycles. The zero-order chi connectivity index (χ0) is 8.55. The van der Waals surface area contributed by atoms with Gasteiger partial charge in [0.25, 0.3) is 0 Å². The molecule has 1 aliphatic rings. The molecular formula is C10H11FO. The Morgan fingerprint density at radius 1 is 1.25 bits per heavy atom. The van der Waals surface area contributed by atoms with E-state index < -0.39 is 0 Å². The Bertz CT molecular complexity index is 306. The molecule has 1 aliphatic carbocycles. The van der Waals surface area contributed by atoms with Crippen molar-refractivity contribution in [2.45, 2.75) is 19.3 Å². The fraction of sp³-hybridized carbons (Fsp3) is 0.400. The Labute approximate surface area is 71.2 Å². The number of hydrogen-bond acceptors (Lipinski definition) is 1. The van der Waals surface area contributed by atoms with Crippen molar-refractivity contribution < 1.29 is 9.13 Å². The van der Waals surface area contributed by atoms with E-state index >= 15 is 0 Å². The Kier molecular flexibility index (Phi) is 1.75. The second kappa shape index (κ2) is 2.77. The Morgan fingerprint density at radius 3 is 2.58 bits per heavy atom. The molecule has 0 atom stereocenters. The van der Waals surface area contributed by atoms with Crippen LogP contribution in [0.2, 0.25) is 0 Å². The van der Waals surface area contributed by atoms with E-state index in [2.05, 4.69) is 0 Å². The van der Waals surface area contributed by atoms with E-state index in [4.69, 9.17) is 4.74 Å². The number of hydrogen-bond donors (Lipinski definition) is 0. The van der Waals surface area contributed by atoms with Gasteiger partial charge in [-0.3, -0.25) is 0 Å². The molecule has 1 aromatic rings. The summed E-state index contributed by atoms with van der Waals surface area (Å²) in [5.41, 5.74) is 2.39. The highest BCUT2D eigenvalue weighted by molar-refractivity contribution is 5.39. The number of aryl methyl sites for hydroxylation is 2. The summed E-state index contributed by atoms with van der Waals surface area (Å²) in [7, 11) is 1.50. The van der Waals surface area contributed by atoms with Gasteiger partial charge in [-0.15, -0.1) is 0 Å². The molecule has 0 spiro atoms.